The highest BCUT2D eigenvalue weighted by Crippen LogP contribution is 2.86. The zero-order valence-electron chi connectivity index (χ0n) is 21.8. The SMILES string of the molecule is C.C1=C=C2C3=C=C=C4C5=C=C=C6C7=C=C=C8c9ccc%10c%11c9C9C8C7C7C8=C%12C%13=C(C%11C(C=1%10)C2C%13C3C4C%12C5C67)[C@@H]89.[2HH].[B]. The highest BCUT2D eigenvalue weighted by molar-refractivity contribution is 5.92. The van der Waals surface area contributed by atoms with Gasteiger partial charge in [-0.3, -0.25) is 0 Å². The third-order valence-corrected chi connectivity index (χ3v) is 15.3. The molecule has 0 aromatic heterocycles. The quantitative estimate of drug-likeness (QED) is 0.255. The average Bonchev–Trinajstić information content (AvgIpc) is 3.79. The van der Waals surface area contributed by atoms with Crippen LogP contribution in [-0.2, 0) is 0 Å². The Bertz CT molecular complexity index is 2500. The molecule has 1 heteroatoms. The molecule has 14 atom stereocenters. The van der Waals surface area contributed by atoms with E-state index in [-0.39, 0.29) is 17.3 Å². The van der Waals surface area contributed by atoms with Gasteiger partial charge in [0.2, 0.25) is 0 Å². The Balaban J connectivity index is 0.000000720. The topological polar surface area (TPSA) is 0 Å². The summed E-state index contributed by atoms with van der Waals surface area (Å²) >= 11 is 0. The highest BCUT2D eigenvalue weighted by Gasteiger charge is 2.78. The van der Waals surface area contributed by atoms with Gasteiger partial charge >= 0.3 is 0 Å². The Labute approximate surface area is 246 Å². The molecule has 5 saturated carbocycles. The van der Waals surface area contributed by atoms with Gasteiger partial charge in [0.05, 0.1) is 0 Å². The van der Waals surface area contributed by atoms with Crippen LogP contribution in [0.15, 0.2) is 114 Å². The molecular weight excluding hydrogens is 503 g/mol. The van der Waals surface area contributed by atoms with E-state index in [1.807, 2.05) is 22.3 Å². The highest BCUT2D eigenvalue weighted by atomic mass is 14.8. The van der Waals surface area contributed by atoms with E-state index in [2.05, 4.69) is 58.0 Å². The van der Waals surface area contributed by atoms with Crippen molar-refractivity contribution in [2.75, 3.05) is 0 Å². The van der Waals surface area contributed by atoms with Crippen LogP contribution in [-0.4, -0.2) is 8.41 Å². The number of rotatable bonds is 0. The monoisotopic (exact) mass is 526 g/mol. The predicted octanol–water partition coefficient (Wildman–Crippen LogP) is 6.89. The third-order valence-electron chi connectivity index (χ3n) is 15.3. The zero-order chi connectivity index (χ0) is 24.4. The Morgan fingerprint density at radius 2 is 0.786 bits per heavy atom. The van der Waals surface area contributed by atoms with E-state index in [1.54, 1.807) is 11.1 Å². The van der Waals surface area contributed by atoms with Gasteiger partial charge in [-0.1, -0.05) is 76.6 Å². The second-order valence-corrected chi connectivity index (χ2v) is 15.3. The van der Waals surface area contributed by atoms with Gasteiger partial charge in [0.25, 0.3) is 0 Å². The van der Waals surface area contributed by atoms with E-state index in [1.165, 1.54) is 55.7 Å². The van der Waals surface area contributed by atoms with Crippen LogP contribution in [0.1, 0.15) is 42.9 Å². The molecule has 0 bridgehead atoms. The van der Waals surface area contributed by atoms with Gasteiger partial charge in [-0.15, -0.1) is 0 Å². The first-order valence-electron chi connectivity index (χ1n) is 15.6. The molecule has 0 amide bonds. The molecule has 15 aliphatic rings. The van der Waals surface area contributed by atoms with Crippen LogP contribution in [0, 0.1) is 71.0 Å². The summed E-state index contributed by atoms with van der Waals surface area (Å²) in [6, 6.07) is 4.97. The molecule has 0 aliphatic heterocycles. The lowest BCUT2D eigenvalue weighted by Gasteiger charge is -2.52. The minimum absolute atomic E-state index is 0. The van der Waals surface area contributed by atoms with Gasteiger partial charge in [-0.25, -0.2) is 0 Å². The fourth-order valence-electron chi connectivity index (χ4n) is 15.2. The molecule has 0 N–H and O–H groups in total. The second kappa shape index (κ2) is 5.19. The summed E-state index contributed by atoms with van der Waals surface area (Å²) in [5.41, 5.74) is 56.5. The average molecular weight is 526 g/mol. The maximum absolute atomic E-state index is 3.85. The van der Waals surface area contributed by atoms with Crippen LogP contribution in [0.25, 0.3) is 11.1 Å². The fraction of sp³-hybridized carbons (Fsp3) is 0.366. The largest absolute Gasteiger partial charge is 0.0776 e. The van der Waals surface area contributed by atoms with Gasteiger partial charge < -0.3 is 0 Å². The summed E-state index contributed by atoms with van der Waals surface area (Å²) in [5, 5.41) is 0. The van der Waals surface area contributed by atoms with Crippen molar-refractivity contribution < 1.29 is 1.43 Å². The summed E-state index contributed by atoms with van der Waals surface area (Å²) in [6.07, 6.45) is 0. The molecule has 0 heterocycles. The Kier molecular flexibility index (Phi) is 2.47. The standard InChI is InChI=1S/C40H16.CH4.B.H2/c1-2-12-14-5-6-16-18-9-10-20-19-8-7-17-15-4-3-13-11(1)21-22(12)32-24(14)26(16)34-29(18)30(20)35-28(19)27(17)33-25(15)23(13)31(21)36-37(32)39(34)40(35)38(33)36;;;/h1-2,23-36H;1H4;;1H/t23?,24?,25?,26?,27?,28?,29?,30?,31?,32?,33?,34?,35?,36-;;;/m0.../s1/i;;;1+1. The van der Waals surface area contributed by atoms with Crippen LogP contribution in [0.4, 0.5) is 0 Å². The summed E-state index contributed by atoms with van der Waals surface area (Å²) < 4.78 is 0. The van der Waals surface area contributed by atoms with Crippen LogP contribution in [0.5, 0.6) is 0 Å². The first kappa shape index (κ1) is 20.0. The van der Waals surface area contributed by atoms with E-state index in [9.17, 15) is 0 Å². The molecule has 0 nitrogen and oxygen atoms in total. The van der Waals surface area contributed by atoms with Gasteiger partial charge in [0.1, 0.15) is 0 Å². The summed E-state index contributed by atoms with van der Waals surface area (Å²) in [5.74, 6) is 7.90. The molecule has 1 aromatic rings. The molecule has 13 unspecified atom stereocenters. The van der Waals surface area contributed by atoms with Crippen molar-refractivity contribution in [2.45, 2.75) is 19.3 Å². The normalized spacial score (nSPS) is 49.9. The predicted molar refractivity (Wildman–Crippen MR) is 158 cm³/mol. The first-order chi connectivity index (χ1) is 19.9. The van der Waals surface area contributed by atoms with Crippen molar-refractivity contribution in [3.05, 3.63) is 136 Å². The number of allylic oxidation sites excluding steroid dienone is 12. The lowest BCUT2D eigenvalue weighted by molar-refractivity contribution is 0.136. The van der Waals surface area contributed by atoms with Crippen LogP contribution in [0.3, 0.4) is 0 Å². The van der Waals surface area contributed by atoms with E-state index in [0.29, 0.717) is 82.9 Å². The minimum Gasteiger partial charge on any atom is -0.0776 e. The molecule has 42 heavy (non-hydrogen) atoms. The molecule has 0 saturated heterocycles. The van der Waals surface area contributed by atoms with E-state index >= 15 is 0 Å². The molecule has 5 fully saturated rings. The van der Waals surface area contributed by atoms with E-state index in [4.69, 9.17) is 0 Å². The summed E-state index contributed by atoms with van der Waals surface area (Å²) in [7, 11) is 0. The number of hydrogen-bond donors (Lipinski definition) is 0. The Hall–Kier alpha value is -4.04. The van der Waals surface area contributed by atoms with E-state index in [0.717, 1.165) is 0 Å². The van der Waals surface area contributed by atoms with Crippen molar-refractivity contribution in [1.29, 1.82) is 0 Å². The molecule has 1 aromatic carbocycles. The van der Waals surface area contributed by atoms with Crippen molar-refractivity contribution in [1.82, 2.24) is 0 Å². The van der Waals surface area contributed by atoms with Gasteiger partial charge in [0, 0.05) is 131 Å². The zero-order valence-corrected chi connectivity index (χ0v) is 21.8. The first-order valence-corrected chi connectivity index (χ1v) is 15.6. The third kappa shape index (κ3) is 1.34. The fourth-order valence-corrected chi connectivity index (χ4v) is 15.2. The molecular formula is C41H22B. The smallest absolute Gasteiger partial charge is 0.0187 e. The molecule has 189 valence electrons. The van der Waals surface area contributed by atoms with Crippen molar-refractivity contribution in [3.8, 4) is 0 Å². The van der Waals surface area contributed by atoms with Crippen LogP contribution < -0.4 is 0 Å². The number of fused-ring (bicyclic) bond motifs is 5. The van der Waals surface area contributed by atoms with Crippen LogP contribution in [0.2, 0.25) is 0 Å². The Morgan fingerprint density at radius 3 is 1.36 bits per heavy atom. The second-order valence-electron chi connectivity index (χ2n) is 15.3. The van der Waals surface area contributed by atoms with E-state index < -0.39 is 0 Å². The van der Waals surface area contributed by atoms with Crippen LogP contribution >= 0.6 is 0 Å². The summed E-state index contributed by atoms with van der Waals surface area (Å²) in [6.45, 7) is 0. The molecule has 16 rings (SSSR count). The number of hydrogen-bond acceptors (Lipinski definition) is 0. The molecule has 15 aliphatic carbocycles. The van der Waals surface area contributed by atoms with Gasteiger partial charge in [-0.2, -0.15) is 0 Å². The van der Waals surface area contributed by atoms with Gasteiger partial charge in [0.15, 0.2) is 0 Å². The number of benzene rings is 1. The molecule has 3 radical (unpaired) electrons. The molecule has 0 spiro atoms. The van der Waals surface area contributed by atoms with Crippen molar-refractivity contribution in [3.63, 3.8) is 0 Å². The Morgan fingerprint density at radius 1 is 0.381 bits per heavy atom. The maximum atomic E-state index is 3.85. The lowest BCUT2D eigenvalue weighted by atomic mass is 9.50. The summed E-state index contributed by atoms with van der Waals surface area (Å²) in [4.78, 5) is 0. The van der Waals surface area contributed by atoms with Crippen molar-refractivity contribution >= 4 is 19.6 Å². The maximum Gasteiger partial charge on any atom is 0.0187 e. The van der Waals surface area contributed by atoms with Crippen molar-refractivity contribution in [2.24, 2.45) is 71.0 Å². The minimum atomic E-state index is 0. The van der Waals surface area contributed by atoms with Gasteiger partial charge in [-0.05, 0) is 39.3 Å². The lowest BCUT2D eigenvalue weighted by Crippen LogP contribution is -2.46.